The molecule has 21 heavy (non-hydrogen) atoms. The number of primary amides is 1. The van der Waals surface area contributed by atoms with Crippen LogP contribution in [0, 0.1) is 5.92 Å². The number of fused-ring (bicyclic) bond motifs is 1. The first kappa shape index (κ1) is 15.6. The van der Waals surface area contributed by atoms with Crippen molar-refractivity contribution >= 4 is 28.5 Å². The van der Waals surface area contributed by atoms with Crippen LogP contribution in [0.5, 0.6) is 5.75 Å². The van der Waals surface area contributed by atoms with Crippen molar-refractivity contribution in [2.24, 2.45) is 11.7 Å². The molecule has 0 radical (unpaired) electrons. The monoisotopic (exact) mass is 309 g/mol. The molecule has 2 N–H and O–H groups in total. The van der Waals surface area contributed by atoms with Crippen LogP contribution >= 0.6 is 11.6 Å². The number of halogens is 1. The third-order valence-corrected chi connectivity index (χ3v) is 3.68. The molecule has 0 saturated heterocycles. The zero-order chi connectivity index (χ0) is 15.6. The largest absolute Gasteiger partial charge is 0.494 e. The molecular weight excluding hydrogens is 290 g/mol. The molecule has 0 spiro atoms. The van der Waals surface area contributed by atoms with E-state index < -0.39 is 6.04 Å². The molecule has 2 aromatic rings. The zero-order valence-electron chi connectivity index (χ0n) is 12.5. The van der Waals surface area contributed by atoms with Gasteiger partial charge in [0.15, 0.2) is 0 Å². The van der Waals surface area contributed by atoms with Gasteiger partial charge in [0.2, 0.25) is 5.91 Å². The summed E-state index contributed by atoms with van der Waals surface area (Å²) in [4.78, 5) is 16.5. The minimum atomic E-state index is -0.458. The highest BCUT2D eigenvalue weighted by Gasteiger charge is 2.27. The quantitative estimate of drug-likeness (QED) is 0.833. The summed E-state index contributed by atoms with van der Waals surface area (Å²) in [5.74, 6) is 1.54. The summed E-state index contributed by atoms with van der Waals surface area (Å²) in [5, 5.41) is 0. The van der Waals surface area contributed by atoms with Crippen LogP contribution in [0.15, 0.2) is 18.2 Å². The Hall–Kier alpha value is -1.75. The van der Waals surface area contributed by atoms with Crippen molar-refractivity contribution in [3.63, 3.8) is 0 Å². The lowest BCUT2D eigenvalue weighted by Gasteiger charge is -2.22. The molecule has 0 fully saturated rings. The van der Waals surface area contributed by atoms with Gasteiger partial charge in [0.05, 0.1) is 12.6 Å². The van der Waals surface area contributed by atoms with Crippen LogP contribution in [0.2, 0.25) is 0 Å². The number of benzene rings is 1. The van der Waals surface area contributed by atoms with E-state index in [9.17, 15) is 4.79 Å². The number of hydrogen-bond donors (Lipinski definition) is 1. The Morgan fingerprint density at radius 2 is 2.19 bits per heavy atom. The molecule has 0 aliphatic rings. The van der Waals surface area contributed by atoms with Crippen molar-refractivity contribution in [1.82, 2.24) is 9.55 Å². The first-order valence-corrected chi connectivity index (χ1v) is 7.43. The number of hydrogen-bond acceptors (Lipinski definition) is 3. The van der Waals surface area contributed by atoms with Gasteiger partial charge < -0.3 is 15.0 Å². The summed E-state index contributed by atoms with van der Waals surface area (Å²) in [7, 11) is 1.60. The van der Waals surface area contributed by atoms with Gasteiger partial charge >= 0.3 is 0 Å². The molecule has 0 bridgehead atoms. The van der Waals surface area contributed by atoms with Crippen molar-refractivity contribution in [3.8, 4) is 5.75 Å². The summed E-state index contributed by atoms with van der Waals surface area (Å²) < 4.78 is 7.25. The summed E-state index contributed by atoms with van der Waals surface area (Å²) in [5.41, 5.74) is 7.17. The maximum atomic E-state index is 11.9. The molecule has 0 aliphatic carbocycles. The second kappa shape index (κ2) is 6.35. The predicted molar refractivity (Wildman–Crippen MR) is 83.8 cm³/mol. The Labute approximate surface area is 129 Å². The number of aryl methyl sites for hydroxylation is 1. The van der Waals surface area contributed by atoms with E-state index in [-0.39, 0.29) is 11.8 Å². The maximum absolute atomic E-state index is 11.9. The lowest BCUT2D eigenvalue weighted by Crippen LogP contribution is -2.31. The van der Waals surface area contributed by atoms with E-state index in [4.69, 9.17) is 22.1 Å². The van der Waals surface area contributed by atoms with Gasteiger partial charge in [-0.1, -0.05) is 19.9 Å². The molecule has 5 nitrogen and oxygen atoms in total. The number of methoxy groups -OCH3 is 1. The number of nitrogens with zero attached hydrogens (tertiary/aromatic N) is 2. The Kier molecular flexibility index (Phi) is 4.73. The molecule has 1 aromatic heterocycles. The van der Waals surface area contributed by atoms with Gasteiger partial charge in [0.25, 0.3) is 0 Å². The van der Waals surface area contributed by atoms with E-state index in [2.05, 4.69) is 4.98 Å². The van der Waals surface area contributed by atoms with E-state index in [0.29, 0.717) is 18.1 Å². The molecule has 1 atom stereocenters. The number of imidazole rings is 1. The molecular formula is C15H20ClN3O2. The average Bonchev–Trinajstić information content (AvgIpc) is 2.77. The van der Waals surface area contributed by atoms with E-state index in [1.165, 1.54) is 0 Å². The van der Waals surface area contributed by atoms with Gasteiger partial charge in [-0.3, -0.25) is 4.79 Å². The van der Waals surface area contributed by atoms with Crippen molar-refractivity contribution in [1.29, 1.82) is 0 Å². The second-order valence-corrected chi connectivity index (χ2v) is 5.63. The number of amides is 1. The smallest absolute Gasteiger partial charge is 0.240 e. The fraction of sp³-hybridized carbons (Fsp3) is 0.467. The van der Waals surface area contributed by atoms with Crippen molar-refractivity contribution in [2.75, 3.05) is 13.0 Å². The van der Waals surface area contributed by atoms with Gasteiger partial charge in [0, 0.05) is 12.3 Å². The van der Waals surface area contributed by atoms with Gasteiger partial charge in [-0.2, -0.15) is 0 Å². The normalized spacial score (nSPS) is 12.8. The van der Waals surface area contributed by atoms with Crippen LogP contribution < -0.4 is 10.5 Å². The predicted octanol–water partition coefficient (Wildman–Crippen LogP) is 2.51. The second-order valence-electron chi connectivity index (χ2n) is 5.26. The molecule has 6 heteroatoms. The van der Waals surface area contributed by atoms with Crippen LogP contribution in [-0.2, 0) is 11.2 Å². The molecule has 0 saturated carbocycles. The van der Waals surface area contributed by atoms with Crippen LogP contribution in [0.3, 0.4) is 0 Å². The molecule has 1 aromatic carbocycles. The molecule has 114 valence electrons. The van der Waals surface area contributed by atoms with Gasteiger partial charge in [-0.15, -0.1) is 11.6 Å². The van der Waals surface area contributed by atoms with Crippen LogP contribution in [0.4, 0.5) is 0 Å². The first-order valence-electron chi connectivity index (χ1n) is 6.90. The SMILES string of the molecule is COc1cccc2c1nc(CCCl)n2C(C(N)=O)C(C)C. The number of nitrogens with two attached hydrogens (primary N) is 1. The van der Waals surface area contributed by atoms with Crippen LogP contribution in [0.1, 0.15) is 25.7 Å². The van der Waals surface area contributed by atoms with Crippen LogP contribution in [0.25, 0.3) is 11.0 Å². The number of rotatable bonds is 6. The lowest BCUT2D eigenvalue weighted by molar-refractivity contribution is -0.122. The first-order chi connectivity index (χ1) is 10.0. The van der Waals surface area contributed by atoms with E-state index in [0.717, 1.165) is 16.9 Å². The van der Waals surface area contributed by atoms with Crippen LogP contribution in [-0.4, -0.2) is 28.4 Å². The fourth-order valence-electron chi connectivity index (χ4n) is 2.63. The Bertz CT molecular complexity index is 652. The molecule has 0 aliphatic heterocycles. The number of ether oxygens (including phenoxy) is 1. The summed E-state index contributed by atoms with van der Waals surface area (Å²) in [6, 6.07) is 5.18. The van der Waals surface area contributed by atoms with Crippen molar-refractivity contribution in [2.45, 2.75) is 26.3 Å². The molecule has 2 rings (SSSR count). The van der Waals surface area contributed by atoms with Crippen molar-refractivity contribution < 1.29 is 9.53 Å². The Balaban J connectivity index is 2.74. The number of aromatic nitrogens is 2. The molecule has 1 heterocycles. The number of carbonyl (C=O) groups is 1. The molecule has 1 unspecified atom stereocenters. The van der Waals surface area contributed by atoms with Gasteiger partial charge in [-0.25, -0.2) is 4.98 Å². The fourth-order valence-corrected chi connectivity index (χ4v) is 2.80. The minimum absolute atomic E-state index is 0.0557. The van der Waals surface area contributed by atoms with Gasteiger partial charge in [-0.05, 0) is 18.1 Å². The number of carbonyl (C=O) groups excluding carboxylic acids is 1. The third kappa shape index (κ3) is 2.83. The lowest BCUT2D eigenvalue weighted by atomic mass is 10.0. The molecule has 1 amide bonds. The van der Waals surface area contributed by atoms with Crippen molar-refractivity contribution in [3.05, 3.63) is 24.0 Å². The third-order valence-electron chi connectivity index (χ3n) is 3.50. The van der Waals surface area contributed by atoms with Gasteiger partial charge in [0.1, 0.15) is 23.1 Å². The number of alkyl halides is 1. The minimum Gasteiger partial charge on any atom is -0.494 e. The Morgan fingerprint density at radius 3 is 2.71 bits per heavy atom. The highest BCUT2D eigenvalue weighted by atomic mass is 35.5. The summed E-state index contributed by atoms with van der Waals surface area (Å²) >= 11 is 5.87. The van der Waals surface area contributed by atoms with E-state index >= 15 is 0 Å². The topological polar surface area (TPSA) is 70.1 Å². The highest BCUT2D eigenvalue weighted by Crippen LogP contribution is 2.31. The summed E-state index contributed by atoms with van der Waals surface area (Å²) in [6.07, 6.45) is 0.565. The highest BCUT2D eigenvalue weighted by molar-refractivity contribution is 6.18. The summed E-state index contributed by atoms with van der Waals surface area (Å²) in [6.45, 7) is 3.93. The maximum Gasteiger partial charge on any atom is 0.240 e. The standard InChI is InChI=1S/C15H20ClN3O2/c1-9(2)14(15(17)20)19-10-5-4-6-11(21-3)13(10)18-12(19)7-8-16/h4-6,9,14H,7-8H2,1-3H3,(H2,17,20). The van der Waals surface area contributed by atoms with E-state index in [1.807, 2.05) is 36.6 Å². The average molecular weight is 310 g/mol. The zero-order valence-corrected chi connectivity index (χ0v) is 13.2. The Morgan fingerprint density at radius 1 is 1.48 bits per heavy atom. The van der Waals surface area contributed by atoms with E-state index in [1.54, 1.807) is 7.11 Å². The number of para-hydroxylation sites is 1.